The van der Waals surface area contributed by atoms with Gasteiger partial charge in [0.2, 0.25) is 5.91 Å². The number of carbonyl (C=O) groups is 1. The smallest absolute Gasteiger partial charge is 0.233 e. The fourth-order valence-electron chi connectivity index (χ4n) is 6.51. The van der Waals surface area contributed by atoms with Crippen molar-refractivity contribution in [1.29, 1.82) is 0 Å². The van der Waals surface area contributed by atoms with Crippen molar-refractivity contribution in [2.75, 3.05) is 25.0 Å². The van der Waals surface area contributed by atoms with E-state index in [4.69, 9.17) is 4.74 Å². The molecule has 1 amide bonds. The third-order valence-electron chi connectivity index (χ3n) is 8.47. The molecule has 0 radical (unpaired) electrons. The van der Waals surface area contributed by atoms with Crippen LogP contribution < -0.4 is 5.32 Å². The molecular formula is C28H29N3O2. The Kier molecular flexibility index (Phi) is 3.96. The highest BCUT2D eigenvalue weighted by atomic mass is 16.5. The number of nitrogens with zero attached hydrogens (tertiary/aromatic N) is 2. The topological polar surface area (TPSA) is 46.5 Å². The van der Waals surface area contributed by atoms with Crippen LogP contribution in [0, 0.1) is 0 Å². The van der Waals surface area contributed by atoms with Gasteiger partial charge in [-0.15, -0.1) is 0 Å². The minimum atomic E-state index is -0.279. The maximum Gasteiger partial charge on any atom is 0.233 e. The Bertz CT molecular complexity index is 1220. The van der Waals surface area contributed by atoms with Crippen LogP contribution in [0.3, 0.4) is 0 Å². The van der Waals surface area contributed by atoms with Crippen LogP contribution in [0.4, 0.5) is 5.69 Å². The number of para-hydroxylation sites is 2. The maximum atomic E-state index is 13.5. The summed E-state index contributed by atoms with van der Waals surface area (Å²) in [7, 11) is 0. The molecule has 1 aliphatic carbocycles. The number of nitrogens with one attached hydrogen (secondary N) is 1. The largest absolute Gasteiger partial charge is 0.372 e. The first kappa shape index (κ1) is 19.4. The third-order valence-corrected chi connectivity index (χ3v) is 8.47. The van der Waals surface area contributed by atoms with E-state index >= 15 is 0 Å². The highest BCUT2D eigenvalue weighted by Crippen LogP contribution is 2.52. The van der Waals surface area contributed by atoms with Crippen molar-refractivity contribution in [2.45, 2.75) is 48.7 Å². The number of amides is 1. The molecule has 2 aromatic carbocycles. The maximum absolute atomic E-state index is 13.5. The molecule has 3 aromatic rings. The number of likely N-dealkylation sites (tertiary alicyclic amines) is 1. The zero-order valence-corrected chi connectivity index (χ0v) is 18.8. The van der Waals surface area contributed by atoms with Gasteiger partial charge in [-0.1, -0.05) is 42.5 Å². The lowest BCUT2D eigenvalue weighted by molar-refractivity contribution is -0.138. The van der Waals surface area contributed by atoms with Gasteiger partial charge in [-0.25, -0.2) is 0 Å². The molecule has 4 aliphatic rings. The molecule has 168 valence electrons. The molecule has 4 heterocycles. The molecule has 1 aromatic heterocycles. The van der Waals surface area contributed by atoms with Crippen molar-refractivity contribution >= 4 is 11.6 Å². The Morgan fingerprint density at radius 2 is 1.64 bits per heavy atom. The Morgan fingerprint density at radius 3 is 2.42 bits per heavy atom. The highest BCUT2D eigenvalue weighted by molar-refractivity contribution is 5.91. The number of anilines is 1. The Labute approximate surface area is 194 Å². The normalized spacial score (nSPS) is 26.0. The highest BCUT2D eigenvalue weighted by Gasteiger charge is 2.57. The van der Waals surface area contributed by atoms with Gasteiger partial charge in [0.05, 0.1) is 34.7 Å². The van der Waals surface area contributed by atoms with E-state index in [1.165, 1.54) is 16.9 Å². The van der Waals surface area contributed by atoms with E-state index in [9.17, 15) is 4.79 Å². The number of benzene rings is 2. The van der Waals surface area contributed by atoms with Crippen molar-refractivity contribution in [1.82, 2.24) is 9.47 Å². The van der Waals surface area contributed by atoms with E-state index < -0.39 is 0 Å². The lowest BCUT2D eigenvalue weighted by Gasteiger charge is -2.42. The second-order valence-electron chi connectivity index (χ2n) is 10.4. The number of carbonyl (C=O) groups excluding carboxylic acids is 1. The molecule has 1 N–H and O–H groups in total. The number of hydrogen-bond donors (Lipinski definition) is 1. The van der Waals surface area contributed by atoms with Crippen LogP contribution in [0.1, 0.15) is 43.4 Å². The standard InChI is InChI=1S/C28H29N3O2/c32-25(27(12-13-27)21-7-2-1-3-8-21)30-17-14-26(15-18-30)19-28(20-33-26)24-11-6-16-31(24)23-10-5-4-9-22(23)29-28/h1-11,16,29H,12-15,17-20H2/t28-/m0/s1. The quantitative estimate of drug-likeness (QED) is 0.634. The summed E-state index contributed by atoms with van der Waals surface area (Å²) in [5.74, 6) is 0.315. The van der Waals surface area contributed by atoms with Crippen molar-refractivity contribution in [3.63, 3.8) is 0 Å². The Hall–Kier alpha value is -3.05. The minimum absolute atomic E-state index is 0.172. The summed E-state index contributed by atoms with van der Waals surface area (Å²) in [6, 6.07) is 23.2. The molecule has 3 aliphatic heterocycles. The molecule has 5 heteroatoms. The Balaban J connectivity index is 1.11. The second kappa shape index (κ2) is 6.73. The monoisotopic (exact) mass is 439 g/mol. The predicted molar refractivity (Wildman–Crippen MR) is 128 cm³/mol. The molecule has 2 saturated heterocycles. The molecule has 0 unspecified atom stereocenters. The zero-order chi connectivity index (χ0) is 22.1. The average molecular weight is 440 g/mol. The number of rotatable bonds is 2. The third kappa shape index (κ3) is 2.78. The molecule has 3 fully saturated rings. The molecular weight excluding hydrogens is 410 g/mol. The minimum Gasteiger partial charge on any atom is -0.372 e. The van der Waals surface area contributed by atoms with Gasteiger partial charge in [-0.3, -0.25) is 4.79 Å². The zero-order valence-electron chi connectivity index (χ0n) is 18.8. The van der Waals surface area contributed by atoms with Crippen molar-refractivity contribution in [2.24, 2.45) is 0 Å². The molecule has 0 bridgehead atoms. The summed E-state index contributed by atoms with van der Waals surface area (Å²) >= 11 is 0. The first-order valence-electron chi connectivity index (χ1n) is 12.2. The summed E-state index contributed by atoms with van der Waals surface area (Å²) in [5.41, 5.74) is 4.14. The number of aromatic nitrogens is 1. The van der Waals surface area contributed by atoms with Gasteiger partial charge < -0.3 is 19.5 Å². The molecule has 5 nitrogen and oxygen atoms in total. The van der Waals surface area contributed by atoms with Crippen LogP contribution in [-0.2, 0) is 20.5 Å². The van der Waals surface area contributed by atoms with Gasteiger partial charge in [0.1, 0.15) is 5.54 Å². The van der Waals surface area contributed by atoms with Crippen LogP contribution in [0.15, 0.2) is 72.9 Å². The van der Waals surface area contributed by atoms with Crippen molar-refractivity contribution in [3.8, 4) is 5.69 Å². The molecule has 2 spiro atoms. The molecule has 1 atom stereocenters. The first-order chi connectivity index (χ1) is 16.1. The summed E-state index contributed by atoms with van der Waals surface area (Å²) in [6.07, 6.45) is 6.82. The number of ether oxygens (including phenoxy) is 1. The number of hydrogen-bond acceptors (Lipinski definition) is 3. The Morgan fingerprint density at radius 1 is 0.879 bits per heavy atom. The van der Waals surface area contributed by atoms with Crippen molar-refractivity contribution in [3.05, 3.63) is 84.2 Å². The summed E-state index contributed by atoms with van der Waals surface area (Å²) in [6.45, 7) is 2.22. The van der Waals surface area contributed by atoms with Crippen LogP contribution in [0.25, 0.3) is 5.69 Å². The number of piperidine rings is 1. The van der Waals surface area contributed by atoms with Gasteiger partial charge in [0.25, 0.3) is 0 Å². The van der Waals surface area contributed by atoms with E-state index in [-0.39, 0.29) is 16.6 Å². The SMILES string of the molecule is O=C(N1CCC2(CC1)C[C@@]1(CO2)Nc2ccccc2-n2cccc21)C1(c2ccccc2)CC1. The average Bonchev–Trinajstić information content (AvgIpc) is 3.38. The van der Waals surface area contributed by atoms with E-state index in [0.717, 1.165) is 50.9 Å². The predicted octanol–water partition coefficient (Wildman–Crippen LogP) is 4.61. The summed E-state index contributed by atoms with van der Waals surface area (Å²) < 4.78 is 8.93. The molecule has 1 saturated carbocycles. The van der Waals surface area contributed by atoms with Crippen LogP contribution in [0.5, 0.6) is 0 Å². The summed E-state index contributed by atoms with van der Waals surface area (Å²) in [5, 5.41) is 3.85. The van der Waals surface area contributed by atoms with Gasteiger partial charge in [-0.2, -0.15) is 0 Å². The van der Waals surface area contributed by atoms with E-state index in [1.54, 1.807) is 0 Å². The van der Waals surface area contributed by atoms with E-state index in [1.807, 2.05) is 18.2 Å². The van der Waals surface area contributed by atoms with Gasteiger partial charge in [0.15, 0.2) is 0 Å². The van der Waals surface area contributed by atoms with Crippen LogP contribution in [0.2, 0.25) is 0 Å². The van der Waals surface area contributed by atoms with Gasteiger partial charge in [0, 0.05) is 25.7 Å². The van der Waals surface area contributed by atoms with Crippen LogP contribution >= 0.6 is 0 Å². The summed E-state index contributed by atoms with van der Waals surface area (Å²) in [4.78, 5) is 15.6. The van der Waals surface area contributed by atoms with Crippen LogP contribution in [-0.4, -0.2) is 40.7 Å². The van der Waals surface area contributed by atoms with Gasteiger partial charge >= 0.3 is 0 Å². The van der Waals surface area contributed by atoms with Gasteiger partial charge in [-0.05, 0) is 55.5 Å². The second-order valence-corrected chi connectivity index (χ2v) is 10.4. The van der Waals surface area contributed by atoms with E-state index in [0.29, 0.717) is 12.5 Å². The van der Waals surface area contributed by atoms with Crippen molar-refractivity contribution < 1.29 is 9.53 Å². The molecule has 7 rings (SSSR count). The first-order valence-corrected chi connectivity index (χ1v) is 12.2. The van der Waals surface area contributed by atoms with E-state index in [2.05, 4.69) is 69.5 Å². The lowest BCUT2D eigenvalue weighted by Crippen LogP contribution is -2.50. The molecule has 33 heavy (non-hydrogen) atoms. The lowest BCUT2D eigenvalue weighted by atomic mass is 9.79. The fourth-order valence-corrected chi connectivity index (χ4v) is 6.51. The number of fused-ring (bicyclic) bond motifs is 4. The fraction of sp³-hybridized carbons (Fsp3) is 0.393.